The molecule has 2 fully saturated rings. The van der Waals surface area contributed by atoms with Crippen LogP contribution >= 0.6 is 0 Å². The van der Waals surface area contributed by atoms with Crippen molar-refractivity contribution in [2.24, 2.45) is 0 Å². The van der Waals surface area contributed by atoms with E-state index in [9.17, 15) is 25.6 Å². The third kappa shape index (κ3) is 8.89. The molecule has 0 atom stereocenters. The zero-order chi connectivity index (χ0) is 27.9. The third-order valence-electron chi connectivity index (χ3n) is 6.72. The zero-order valence-electron chi connectivity index (χ0n) is 22.0. The number of nitrogens with one attached hydrogen (secondary N) is 1. The van der Waals surface area contributed by atoms with E-state index in [-0.39, 0.29) is 23.3 Å². The summed E-state index contributed by atoms with van der Waals surface area (Å²) in [6.45, 7) is 6.70. The van der Waals surface area contributed by atoms with E-state index in [1.165, 1.54) is 12.1 Å². The van der Waals surface area contributed by atoms with Gasteiger partial charge < -0.3 is 18.6 Å². The SMILES string of the molecule is CCN1CCC(c2cccc(OS(C)(=O)=O)c2F)CC1.CS(=O)(=O)Oc1cccc(C2CCNCC2)c1F. The number of piperidine rings is 2. The highest BCUT2D eigenvalue weighted by Gasteiger charge is 2.25. The highest BCUT2D eigenvalue weighted by molar-refractivity contribution is 7.86. The topological polar surface area (TPSA) is 102 Å². The minimum absolute atomic E-state index is 0.120. The van der Waals surface area contributed by atoms with Crippen LogP contribution in [0.5, 0.6) is 11.5 Å². The lowest BCUT2D eigenvalue weighted by molar-refractivity contribution is 0.220. The molecule has 0 spiro atoms. The first-order chi connectivity index (χ1) is 17.9. The Bertz CT molecular complexity index is 1290. The molecule has 2 aromatic rings. The second kappa shape index (κ2) is 13.2. The molecule has 0 amide bonds. The first kappa shape index (κ1) is 30.3. The van der Waals surface area contributed by atoms with Crippen LogP contribution in [-0.4, -0.2) is 67.0 Å². The highest BCUT2D eigenvalue weighted by atomic mass is 32.2. The Hall–Kier alpha value is -2.28. The standard InChI is InChI=1S/C14H20FNO3S.C12H16FNO3S/c1-3-16-9-7-11(8-10-16)12-5-4-6-13(14(12)15)19-20(2,17)18;1-18(15,16)17-11-4-2-3-10(12(11)13)9-5-7-14-8-6-9/h4-6,11H,3,7-10H2,1-2H3;2-4,9,14H,5-8H2,1H3. The van der Waals surface area contributed by atoms with Crippen LogP contribution in [0, 0.1) is 11.6 Å². The van der Waals surface area contributed by atoms with E-state index in [0.29, 0.717) is 11.1 Å². The van der Waals surface area contributed by atoms with Gasteiger partial charge in [0.05, 0.1) is 12.5 Å². The van der Waals surface area contributed by atoms with Crippen LogP contribution in [-0.2, 0) is 20.2 Å². The second-order valence-corrected chi connectivity index (χ2v) is 12.8. The normalized spacial score (nSPS) is 17.9. The molecular formula is C26H36F2N2O6S2. The lowest BCUT2D eigenvalue weighted by atomic mass is 9.89. The summed E-state index contributed by atoms with van der Waals surface area (Å²) in [4.78, 5) is 2.32. The average Bonchev–Trinajstić information content (AvgIpc) is 2.86. The monoisotopic (exact) mass is 574 g/mol. The Morgan fingerprint density at radius 2 is 1.21 bits per heavy atom. The van der Waals surface area contributed by atoms with Crippen LogP contribution in [0.4, 0.5) is 8.78 Å². The Balaban J connectivity index is 0.000000212. The molecule has 2 aliphatic rings. The lowest BCUT2D eigenvalue weighted by Gasteiger charge is -2.31. The quantitative estimate of drug-likeness (QED) is 0.496. The largest absolute Gasteiger partial charge is 0.379 e. The molecule has 2 aliphatic heterocycles. The van der Waals surface area contributed by atoms with Crippen molar-refractivity contribution in [3.05, 3.63) is 59.2 Å². The minimum atomic E-state index is -3.71. The van der Waals surface area contributed by atoms with Crippen LogP contribution in [0.15, 0.2) is 36.4 Å². The fourth-order valence-electron chi connectivity index (χ4n) is 4.83. The first-order valence-electron chi connectivity index (χ1n) is 12.7. The summed E-state index contributed by atoms with van der Waals surface area (Å²) in [6.07, 6.45) is 5.28. The van der Waals surface area contributed by atoms with Crippen LogP contribution < -0.4 is 13.7 Å². The number of hydrogen-bond donors (Lipinski definition) is 1. The fourth-order valence-corrected chi connectivity index (χ4v) is 5.74. The zero-order valence-corrected chi connectivity index (χ0v) is 23.6. The molecule has 0 aromatic heterocycles. The van der Waals surface area contributed by atoms with Crippen molar-refractivity contribution in [3.63, 3.8) is 0 Å². The van der Waals surface area contributed by atoms with Gasteiger partial charge in [0.2, 0.25) is 0 Å². The van der Waals surface area contributed by atoms with Gasteiger partial charge >= 0.3 is 20.2 Å². The molecule has 0 bridgehead atoms. The molecule has 0 unspecified atom stereocenters. The molecule has 2 saturated heterocycles. The van der Waals surface area contributed by atoms with Crippen LogP contribution in [0.3, 0.4) is 0 Å². The number of benzene rings is 2. The lowest BCUT2D eigenvalue weighted by Crippen LogP contribution is -2.32. The molecule has 8 nitrogen and oxygen atoms in total. The number of likely N-dealkylation sites (tertiary alicyclic amines) is 1. The van der Waals surface area contributed by atoms with Gasteiger partial charge in [-0.15, -0.1) is 0 Å². The van der Waals surface area contributed by atoms with Crippen molar-refractivity contribution in [1.82, 2.24) is 10.2 Å². The van der Waals surface area contributed by atoms with E-state index in [1.807, 2.05) is 0 Å². The summed E-state index contributed by atoms with van der Waals surface area (Å²) in [5.41, 5.74) is 1.10. The van der Waals surface area contributed by atoms with E-state index in [4.69, 9.17) is 4.18 Å². The van der Waals surface area contributed by atoms with Gasteiger partial charge in [0.25, 0.3) is 0 Å². The minimum Gasteiger partial charge on any atom is -0.379 e. The Morgan fingerprint density at radius 1 is 0.789 bits per heavy atom. The molecule has 4 rings (SSSR count). The second-order valence-electron chi connectivity index (χ2n) is 9.63. The van der Waals surface area contributed by atoms with Gasteiger partial charge in [-0.1, -0.05) is 31.2 Å². The third-order valence-corrected chi connectivity index (χ3v) is 7.69. The summed E-state index contributed by atoms with van der Waals surface area (Å²) in [6, 6.07) is 9.37. The number of rotatable bonds is 7. The van der Waals surface area contributed by atoms with Crippen molar-refractivity contribution in [1.29, 1.82) is 0 Å². The Morgan fingerprint density at radius 3 is 1.61 bits per heavy atom. The molecule has 0 aliphatic carbocycles. The van der Waals surface area contributed by atoms with Gasteiger partial charge in [-0.3, -0.25) is 0 Å². The maximum Gasteiger partial charge on any atom is 0.306 e. The number of hydrogen-bond acceptors (Lipinski definition) is 8. The maximum atomic E-state index is 14.4. The van der Waals surface area contributed by atoms with Gasteiger partial charge in [-0.2, -0.15) is 16.8 Å². The average molecular weight is 575 g/mol. The molecule has 12 heteroatoms. The van der Waals surface area contributed by atoms with Gasteiger partial charge in [-0.05, 0) is 93.5 Å². The first-order valence-corrected chi connectivity index (χ1v) is 16.3. The molecule has 0 radical (unpaired) electrons. The summed E-state index contributed by atoms with van der Waals surface area (Å²) < 4.78 is 82.2. The number of nitrogens with zero attached hydrogens (tertiary/aromatic N) is 1. The van der Waals surface area contributed by atoms with Crippen LogP contribution in [0.1, 0.15) is 55.6 Å². The maximum absolute atomic E-state index is 14.4. The van der Waals surface area contributed by atoms with E-state index in [2.05, 4.69) is 21.3 Å². The molecule has 212 valence electrons. The highest BCUT2D eigenvalue weighted by Crippen LogP contribution is 2.34. The van der Waals surface area contributed by atoms with Crippen LogP contribution in [0.25, 0.3) is 0 Å². The van der Waals surface area contributed by atoms with E-state index in [1.54, 1.807) is 24.3 Å². The van der Waals surface area contributed by atoms with Crippen LogP contribution in [0.2, 0.25) is 0 Å². The fraction of sp³-hybridized carbons (Fsp3) is 0.538. The summed E-state index contributed by atoms with van der Waals surface area (Å²) in [7, 11) is -7.41. The predicted molar refractivity (Wildman–Crippen MR) is 143 cm³/mol. The smallest absolute Gasteiger partial charge is 0.306 e. The van der Waals surface area contributed by atoms with Crippen molar-refractivity contribution in [2.45, 2.75) is 44.4 Å². The molecule has 0 saturated carbocycles. The van der Waals surface area contributed by atoms with E-state index < -0.39 is 31.9 Å². The molecule has 1 N–H and O–H groups in total. The van der Waals surface area contributed by atoms with Crippen molar-refractivity contribution in [3.8, 4) is 11.5 Å². The van der Waals surface area contributed by atoms with E-state index >= 15 is 0 Å². The molecular weight excluding hydrogens is 538 g/mol. The summed E-state index contributed by atoms with van der Waals surface area (Å²) >= 11 is 0. The van der Waals surface area contributed by atoms with Crippen molar-refractivity contribution in [2.75, 3.05) is 45.2 Å². The Kier molecular flexibility index (Phi) is 10.5. The molecule has 2 heterocycles. The molecule has 38 heavy (non-hydrogen) atoms. The van der Waals surface area contributed by atoms with Crippen molar-refractivity contribution < 1.29 is 34.0 Å². The number of halogens is 2. The summed E-state index contributed by atoms with van der Waals surface area (Å²) in [5, 5.41) is 3.21. The van der Waals surface area contributed by atoms with Gasteiger partial charge in [-0.25, -0.2) is 8.78 Å². The van der Waals surface area contributed by atoms with E-state index in [0.717, 1.165) is 70.9 Å². The summed E-state index contributed by atoms with van der Waals surface area (Å²) in [5.74, 6) is -1.28. The Labute approximate surface area is 224 Å². The van der Waals surface area contributed by atoms with Gasteiger partial charge in [0, 0.05) is 0 Å². The van der Waals surface area contributed by atoms with Gasteiger partial charge in [0.1, 0.15) is 0 Å². The molecule has 2 aromatic carbocycles. The van der Waals surface area contributed by atoms with Gasteiger partial charge in [0.15, 0.2) is 23.1 Å². The predicted octanol–water partition coefficient (Wildman–Crippen LogP) is 3.99. The van der Waals surface area contributed by atoms with Crippen molar-refractivity contribution >= 4 is 20.2 Å².